The molecule has 0 atom stereocenters. The smallest absolute Gasteiger partial charge is 0.122 e. The van der Waals surface area contributed by atoms with Gasteiger partial charge in [0, 0.05) is 5.56 Å². The van der Waals surface area contributed by atoms with Crippen molar-refractivity contribution in [1.29, 1.82) is 0 Å². The van der Waals surface area contributed by atoms with Crippen molar-refractivity contribution in [3.05, 3.63) is 29.3 Å². The largest absolute Gasteiger partial charge is 0.496 e. The maximum atomic E-state index is 5.45. The molecule has 0 bridgehead atoms. The summed E-state index contributed by atoms with van der Waals surface area (Å²) in [7, 11) is 1.76. The molecule has 1 aliphatic rings. The molecule has 0 fully saturated rings. The second-order valence-electron chi connectivity index (χ2n) is 4.73. The molecule has 1 aliphatic carbocycles. The predicted octanol–water partition coefficient (Wildman–Crippen LogP) is 4.34. The fraction of sp³-hybridized carbons (Fsp3) is 0.600. The number of fused-ring (bicyclic) bond motifs is 1. The highest BCUT2D eigenvalue weighted by molar-refractivity contribution is 5.46. The molecule has 0 spiro atoms. The van der Waals surface area contributed by atoms with Gasteiger partial charge >= 0.3 is 0 Å². The normalized spacial score (nSPS) is 16.8. The van der Waals surface area contributed by atoms with E-state index in [2.05, 4.69) is 32.0 Å². The summed E-state index contributed by atoms with van der Waals surface area (Å²) in [5.41, 5.74) is 3.18. The van der Waals surface area contributed by atoms with E-state index >= 15 is 0 Å². The predicted molar refractivity (Wildman–Crippen MR) is 70.3 cm³/mol. The molecular weight excluding hydrogens is 196 g/mol. The lowest BCUT2D eigenvalue weighted by atomic mass is 9.72. The molecule has 0 N–H and O–H groups in total. The molecule has 2 rings (SSSR count). The summed E-state index contributed by atoms with van der Waals surface area (Å²) in [4.78, 5) is 0. The van der Waals surface area contributed by atoms with E-state index < -0.39 is 0 Å². The third-order valence-corrected chi connectivity index (χ3v) is 3.26. The fourth-order valence-electron chi connectivity index (χ4n) is 2.57. The van der Waals surface area contributed by atoms with Crippen LogP contribution in [0, 0.1) is 0 Å². The SMILES string of the molecule is CC.COc1cccc2c1C(C)(C)CCC2. The minimum absolute atomic E-state index is 0.278. The molecule has 0 aliphatic heterocycles. The first kappa shape index (κ1) is 13.1. The maximum Gasteiger partial charge on any atom is 0.122 e. The van der Waals surface area contributed by atoms with E-state index in [1.807, 2.05) is 13.8 Å². The number of hydrogen-bond acceptors (Lipinski definition) is 1. The third kappa shape index (κ3) is 2.40. The minimum atomic E-state index is 0.278. The first-order valence-corrected chi connectivity index (χ1v) is 6.31. The van der Waals surface area contributed by atoms with Crippen molar-refractivity contribution in [2.45, 2.75) is 52.4 Å². The molecule has 0 amide bonds. The van der Waals surface area contributed by atoms with Crippen molar-refractivity contribution in [3.8, 4) is 5.75 Å². The zero-order chi connectivity index (χ0) is 12.2. The third-order valence-electron chi connectivity index (χ3n) is 3.26. The van der Waals surface area contributed by atoms with Gasteiger partial charge in [-0.3, -0.25) is 0 Å². The zero-order valence-corrected chi connectivity index (χ0v) is 11.3. The quantitative estimate of drug-likeness (QED) is 0.684. The molecule has 16 heavy (non-hydrogen) atoms. The lowest BCUT2D eigenvalue weighted by molar-refractivity contribution is 0.369. The summed E-state index contributed by atoms with van der Waals surface area (Å²) >= 11 is 0. The van der Waals surface area contributed by atoms with Crippen LogP contribution in [0.25, 0.3) is 0 Å². The van der Waals surface area contributed by atoms with Gasteiger partial charge in [0.05, 0.1) is 7.11 Å². The van der Waals surface area contributed by atoms with E-state index in [4.69, 9.17) is 4.74 Å². The van der Waals surface area contributed by atoms with Crippen LogP contribution >= 0.6 is 0 Å². The molecule has 0 saturated carbocycles. The van der Waals surface area contributed by atoms with E-state index in [1.165, 1.54) is 30.4 Å². The molecule has 0 aromatic heterocycles. The number of rotatable bonds is 1. The Morgan fingerprint density at radius 1 is 1.19 bits per heavy atom. The van der Waals surface area contributed by atoms with Crippen LogP contribution in [0.1, 0.15) is 51.7 Å². The Morgan fingerprint density at radius 2 is 1.88 bits per heavy atom. The summed E-state index contributed by atoms with van der Waals surface area (Å²) in [6, 6.07) is 6.41. The van der Waals surface area contributed by atoms with Crippen LogP contribution in [0.4, 0.5) is 0 Å². The van der Waals surface area contributed by atoms with Crippen LogP contribution in [-0.4, -0.2) is 7.11 Å². The van der Waals surface area contributed by atoms with Gasteiger partial charge in [0.15, 0.2) is 0 Å². The van der Waals surface area contributed by atoms with E-state index in [0.717, 1.165) is 5.75 Å². The van der Waals surface area contributed by atoms with E-state index in [9.17, 15) is 0 Å². The van der Waals surface area contributed by atoms with Crippen molar-refractivity contribution < 1.29 is 4.74 Å². The summed E-state index contributed by atoms with van der Waals surface area (Å²) < 4.78 is 5.45. The molecule has 1 aromatic carbocycles. The van der Waals surface area contributed by atoms with Crippen LogP contribution in [0.3, 0.4) is 0 Å². The number of hydrogen-bond donors (Lipinski definition) is 0. The van der Waals surface area contributed by atoms with Crippen LogP contribution in [-0.2, 0) is 11.8 Å². The lowest BCUT2D eigenvalue weighted by Gasteiger charge is -2.33. The molecule has 0 saturated heterocycles. The Morgan fingerprint density at radius 3 is 2.50 bits per heavy atom. The lowest BCUT2D eigenvalue weighted by Crippen LogP contribution is -2.24. The topological polar surface area (TPSA) is 9.23 Å². The maximum absolute atomic E-state index is 5.45. The molecular formula is C15H24O. The van der Waals surface area contributed by atoms with E-state index in [0.29, 0.717) is 0 Å². The molecule has 1 heteroatoms. The average Bonchev–Trinajstić information content (AvgIpc) is 2.30. The molecule has 0 heterocycles. The van der Waals surface area contributed by atoms with Gasteiger partial charge in [-0.25, -0.2) is 0 Å². The summed E-state index contributed by atoms with van der Waals surface area (Å²) in [6.07, 6.45) is 3.77. The number of aryl methyl sites for hydroxylation is 1. The van der Waals surface area contributed by atoms with Gasteiger partial charge in [-0.1, -0.05) is 39.8 Å². The average molecular weight is 220 g/mol. The van der Waals surface area contributed by atoms with Crippen LogP contribution in [0.2, 0.25) is 0 Å². The molecule has 0 radical (unpaired) electrons. The van der Waals surface area contributed by atoms with E-state index in [1.54, 1.807) is 7.11 Å². The van der Waals surface area contributed by atoms with Gasteiger partial charge in [0.1, 0.15) is 5.75 Å². The molecule has 0 unspecified atom stereocenters. The van der Waals surface area contributed by atoms with Gasteiger partial charge < -0.3 is 4.74 Å². The Balaban J connectivity index is 0.000000606. The van der Waals surface area contributed by atoms with Crippen molar-refractivity contribution in [3.63, 3.8) is 0 Å². The fourth-order valence-corrected chi connectivity index (χ4v) is 2.57. The summed E-state index contributed by atoms with van der Waals surface area (Å²) in [5, 5.41) is 0. The molecule has 1 nitrogen and oxygen atoms in total. The first-order chi connectivity index (χ1) is 7.65. The van der Waals surface area contributed by atoms with Gasteiger partial charge in [-0.05, 0) is 36.3 Å². The van der Waals surface area contributed by atoms with Crippen molar-refractivity contribution in [2.24, 2.45) is 0 Å². The van der Waals surface area contributed by atoms with Crippen molar-refractivity contribution in [2.75, 3.05) is 7.11 Å². The standard InChI is InChI=1S/C13H18O.C2H6/c1-13(2)9-5-7-10-6-4-8-11(14-3)12(10)13;1-2/h4,6,8H,5,7,9H2,1-3H3;1-2H3. The monoisotopic (exact) mass is 220 g/mol. The van der Waals surface area contributed by atoms with Gasteiger partial charge in [0.25, 0.3) is 0 Å². The number of ether oxygens (including phenoxy) is 1. The Labute approximate surface area is 99.8 Å². The van der Waals surface area contributed by atoms with Gasteiger partial charge in [-0.15, -0.1) is 0 Å². The van der Waals surface area contributed by atoms with Crippen LogP contribution in [0.15, 0.2) is 18.2 Å². The Hall–Kier alpha value is -0.980. The molecule has 1 aromatic rings. The Kier molecular flexibility index (Phi) is 4.40. The van der Waals surface area contributed by atoms with Crippen molar-refractivity contribution in [1.82, 2.24) is 0 Å². The zero-order valence-electron chi connectivity index (χ0n) is 11.3. The summed E-state index contributed by atoms with van der Waals surface area (Å²) in [6.45, 7) is 8.63. The highest BCUT2D eigenvalue weighted by Crippen LogP contribution is 2.41. The highest BCUT2D eigenvalue weighted by atomic mass is 16.5. The minimum Gasteiger partial charge on any atom is -0.496 e. The second-order valence-corrected chi connectivity index (χ2v) is 4.73. The number of benzene rings is 1. The second kappa shape index (κ2) is 5.38. The van der Waals surface area contributed by atoms with Crippen LogP contribution in [0.5, 0.6) is 5.75 Å². The molecule has 90 valence electrons. The highest BCUT2D eigenvalue weighted by Gasteiger charge is 2.30. The van der Waals surface area contributed by atoms with Crippen molar-refractivity contribution >= 4 is 0 Å². The van der Waals surface area contributed by atoms with Gasteiger partial charge in [-0.2, -0.15) is 0 Å². The van der Waals surface area contributed by atoms with Gasteiger partial charge in [0.2, 0.25) is 0 Å². The van der Waals surface area contributed by atoms with E-state index in [-0.39, 0.29) is 5.41 Å². The number of methoxy groups -OCH3 is 1. The van der Waals surface area contributed by atoms with Crippen LogP contribution < -0.4 is 4.74 Å². The first-order valence-electron chi connectivity index (χ1n) is 6.31. The Bertz CT molecular complexity index is 325. The summed E-state index contributed by atoms with van der Waals surface area (Å²) in [5.74, 6) is 1.06.